The van der Waals surface area contributed by atoms with Crippen LogP contribution in [0.5, 0.6) is 0 Å². The molecule has 8 heteroatoms. The van der Waals surface area contributed by atoms with Crippen molar-refractivity contribution in [1.82, 2.24) is 8.61 Å². The van der Waals surface area contributed by atoms with E-state index in [0.29, 0.717) is 32.4 Å². The fourth-order valence-corrected chi connectivity index (χ4v) is 5.14. The van der Waals surface area contributed by atoms with Gasteiger partial charge >= 0.3 is 5.97 Å². The first-order chi connectivity index (χ1) is 10.0. The number of carbonyl (C=O) groups is 1. The van der Waals surface area contributed by atoms with Crippen molar-refractivity contribution in [2.45, 2.75) is 51.1 Å². The average molecular weight is 320 g/mol. The highest BCUT2D eigenvalue weighted by atomic mass is 32.2. The van der Waals surface area contributed by atoms with Gasteiger partial charge in [0.25, 0.3) is 10.2 Å². The summed E-state index contributed by atoms with van der Waals surface area (Å²) in [7, 11) is -3.73. The molecule has 7 nitrogen and oxygen atoms in total. The third kappa shape index (κ3) is 3.39. The molecule has 2 saturated heterocycles. The molecule has 0 spiro atoms. The number of hydrogen-bond acceptors (Lipinski definition) is 5. The highest BCUT2D eigenvalue weighted by Crippen LogP contribution is 2.28. The molecule has 21 heavy (non-hydrogen) atoms. The van der Waals surface area contributed by atoms with E-state index in [1.165, 1.54) is 8.61 Å². The second kappa shape index (κ2) is 7.04. The lowest BCUT2D eigenvalue weighted by molar-refractivity contribution is -0.147. The van der Waals surface area contributed by atoms with Crippen LogP contribution in [0.15, 0.2) is 0 Å². The Labute approximate surface area is 126 Å². The zero-order valence-corrected chi connectivity index (χ0v) is 13.2. The van der Waals surface area contributed by atoms with E-state index in [1.54, 1.807) is 6.92 Å². The monoisotopic (exact) mass is 320 g/mol. The Morgan fingerprint density at radius 1 is 1.19 bits per heavy atom. The van der Waals surface area contributed by atoms with Crippen LogP contribution >= 0.6 is 0 Å². The van der Waals surface area contributed by atoms with E-state index in [4.69, 9.17) is 4.74 Å². The molecule has 2 fully saturated rings. The lowest BCUT2D eigenvalue weighted by atomic mass is 10.1. The van der Waals surface area contributed by atoms with E-state index in [2.05, 4.69) is 0 Å². The van der Waals surface area contributed by atoms with Crippen LogP contribution in [0.1, 0.15) is 39.0 Å². The third-order valence-electron chi connectivity index (χ3n) is 4.14. The minimum Gasteiger partial charge on any atom is -0.465 e. The van der Waals surface area contributed by atoms with Gasteiger partial charge in [-0.15, -0.1) is 0 Å². The number of ether oxygens (including phenoxy) is 1. The van der Waals surface area contributed by atoms with Crippen LogP contribution < -0.4 is 0 Å². The summed E-state index contributed by atoms with van der Waals surface area (Å²) in [6.07, 6.45) is 3.51. The van der Waals surface area contributed by atoms with E-state index in [9.17, 15) is 18.3 Å². The summed E-state index contributed by atoms with van der Waals surface area (Å²) in [6.45, 7) is 2.50. The standard InChI is InChI=1S/C13H24N2O5S/c1-2-20-13(17)12-7-5-9-15(12)21(18,19)14-8-4-3-6-11(14)10-16/h11-12,16H,2-10H2,1H3. The van der Waals surface area contributed by atoms with Gasteiger partial charge in [-0.1, -0.05) is 6.42 Å². The number of aliphatic hydroxyl groups excluding tert-OH is 1. The van der Waals surface area contributed by atoms with Crippen molar-refractivity contribution in [2.75, 3.05) is 26.3 Å². The van der Waals surface area contributed by atoms with Crippen LogP contribution in [0.3, 0.4) is 0 Å². The molecule has 0 aromatic rings. The van der Waals surface area contributed by atoms with Gasteiger partial charge in [-0.3, -0.25) is 4.79 Å². The summed E-state index contributed by atoms with van der Waals surface area (Å²) >= 11 is 0. The molecule has 0 saturated carbocycles. The molecule has 0 amide bonds. The molecule has 2 atom stereocenters. The zero-order valence-electron chi connectivity index (χ0n) is 12.4. The maximum Gasteiger partial charge on any atom is 0.324 e. The first kappa shape index (κ1) is 16.7. The molecule has 0 aliphatic carbocycles. The van der Waals surface area contributed by atoms with Gasteiger partial charge in [0.1, 0.15) is 6.04 Å². The Hall–Kier alpha value is -0.700. The molecule has 2 unspecified atom stereocenters. The minimum atomic E-state index is -3.73. The predicted molar refractivity (Wildman–Crippen MR) is 76.7 cm³/mol. The number of carbonyl (C=O) groups excluding carboxylic acids is 1. The van der Waals surface area contributed by atoms with Gasteiger partial charge in [0, 0.05) is 19.1 Å². The number of aliphatic hydroxyl groups is 1. The molecule has 2 aliphatic rings. The highest BCUT2D eigenvalue weighted by Gasteiger charge is 2.44. The van der Waals surface area contributed by atoms with Gasteiger partial charge < -0.3 is 9.84 Å². The number of nitrogens with zero attached hydrogens (tertiary/aromatic N) is 2. The SMILES string of the molecule is CCOC(=O)C1CCCN1S(=O)(=O)N1CCCCC1CO. The molecule has 0 aromatic heterocycles. The summed E-state index contributed by atoms with van der Waals surface area (Å²) in [5, 5.41) is 9.41. The first-order valence-corrected chi connectivity index (χ1v) is 8.98. The molecule has 1 N–H and O–H groups in total. The number of rotatable bonds is 5. The van der Waals surface area contributed by atoms with Crippen LogP contribution in [0.2, 0.25) is 0 Å². The van der Waals surface area contributed by atoms with Crippen molar-refractivity contribution < 1.29 is 23.1 Å². The third-order valence-corrected chi connectivity index (χ3v) is 6.24. The molecule has 2 heterocycles. The largest absolute Gasteiger partial charge is 0.465 e. The summed E-state index contributed by atoms with van der Waals surface area (Å²) < 4.78 is 33.2. The highest BCUT2D eigenvalue weighted by molar-refractivity contribution is 7.86. The van der Waals surface area contributed by atoms with E-state index in [1.807, 2.05) is 0 Å². The van der Waals surface area contributed by atoms with Crippen LogP contribution in [-0.4, -0.2) is 66.5 Å². The summed E-state index contributed by atoms with van der Waals surface area (Å²) in [5.74, 6) is -0.476. The molecule has 0 aromatic carbocycles. The Bertz CT molecular complexity index is 467. The Morgan fingerprint density at radius 3 is 2.57 bits per heavy atom. The minimum absolute atomic E-state index is 0.183. The molecule has 0 radical (unpaired) electrons. The lowest BCUT2D eigenvalue weighted by Gasteiger charge is -2.37. The van der Waals surface area contributed by atoms with E-state index >= 15 is 0 Å². The van der Waals surface area contributed by atoms with Gasteiger partial charge in [0.15, 0.2) is 0 Å². The van der Waals surface area contributed by atoms with Gasteiger partial charge in [0.2, 0.25) is 0 Å². The molecule has 122 valence electrons. The molecule has 2 aliphatic heterocycles. The van der Waals surface area contributed by atoms with Crippen LogP contribution in [-0.2, 0) is 19.7 Å². The smallest absolute Gasteiger partial charge is 0.324 e. The lowest BCUT2D eigenvalue weighted by Crippen LogP contribution is -2.54. The number of piperidine rings is 1. The van der Waals surface area contributed by atoms with E-state index < -0.39 is 22.2 Å². The van der Waals surface area contributed by atoms with Crippen molar-refractivity contribution in [3.05, 3.63) is 0 Å². The fraction of sp³-hybridized carbons (Fsp3) is 0.923. The summed E-state index contributed by atoms with van der Waals surface area (Å²) in [6, 6.07) is -1.11. The second-order valence-electron chi connectivity index (χ2n) is 5.47. The van der Waals surface area contributed by atoms with Crippen LogP contribution in [0.25, 0.3) is 0 Å². The average Bonchev–Trinajstić information content (AvgIpc) is 2.97. The van der Waals surface area contributed by atoms with Gasteiger partial charge in [0.05, 0.1) is 13.2 Å². The summed E-state index contributed by atoms with van der Waals surface area (Å²) in [4.78, 5) is 11.9. The van der Waals surface area contributed by atoms with Crippen molar-refractivity contribution in [3.63, 3.8) is 0 Å². The van der Waals surface area contributed by atoms with E-state index in [0.717, 1.165) is 12.8 Å². The van der Waals surface area contributed by atoms with Crippen LogP contribution in [0.4, 0.5) is 0 Å². The Kier molecular flexibility index (Phi) is 5.59. The maximum atomic E-state index is 12.8. The zero-order chi connectivity index (χ0) is 15.5. The van der Waals surface area contributed by atoms with Crippen LogP contribution in [0, 0.1) is 0 Å². The molecular weight excluding hydrogens is 296 g/mol. The van der Waals surface area contributed by atoms with Crippen molar-refractivity contribution in [2.24, 2.45) is 0 Å². The van der Waals surface area contributed by atoms with Gasteiger partial charge in [-0.2, -0.15) is 17.0 Å². The first-order valence-electron chi connectivity index (χ1n) is 7.58. The Balaban J connectivity index is 2.19. The normalized spacial score (nSPS) is 28.7. The van der Waals surface area contributed by atoms with Crippen molar-refractivity contribution >= 4 is 16.2 Å². The quantitative estimate of drug-likeness (QED) is 0.726. The predicted octanol–water partition coefficient (Wildman–Crippen LogP) is 0.106. The fourth-order valence-electron chi connectivity index (χ4n) is 3.09. The van der Waals surface area contributed by atoms with Gasteiger partial charge in [-0.25, -0.2) is 0 Å². The molecular formula is C13H24N2O5S. The number of esters is 1. The molecule has 2 rings (SSSR count). The maximum absolute atomic E-state index is 12.8. The summed E-state index contributed by atoms with van der Waals surface area (Å²) in [5.41, 5.74) is 0. The van der Waals surface area contributed by atoms with Gasteiger partial charge in [-0.05, 0) is 32.6 Å². The molecule has 0 bridgehead atoms. The topological polar surface area (TPSA) is 87.2 Å². The Morgan fingerprint density at radius 2 is 1.90 bits per heavy atom. The second-order valence-corrected chi connectivity index (χ2v) is 7.31. The van der Waals surface area contributed by atoms with E-state index in [-0.39, 0.29) is 19.3 Å². The number of hydrogen-bond donors (Lipinski definition) is 1. The van der Waals surface area contributed by atoms with Crippen molar-refractivity contribution in [3.8, 4) is 0 Å². The van der Waals surface area contributed by atoms with Crippen molar-refractivity contribution in [1.29, 1.82) is 0 Å².